The van der Waals surface area contributed by atoms with Crippen molar-refractivity contribution in [3.05, 3.63) is 76.1 Å². The summed E-state index contributed by atoms with van der Waals surface area (Å²) >= 11 is 5.97. The molecule has 5 aromatic rings. The first-order chi connectivity index (χ1) is 23.0. The van der Waals surface area contributed by atoms with E-state index in [1.165, 1.54) is 12.1 Å². The number of hydrogen-bond acceptors (Lipinski definition) is 10. The Morgan fingerprint density at radius 2 is 1.83 bits per heavy atom. The van der Waals surface area contributed by atoms with Crippen molar-refractivity contribution < 1.29 is 36.3 Å². The van der Waals surface area contributed by atoms with Crippen molar-refractivity contribution in [1.82, 2.24) is 34.8 Å². The first kappa shape index (κ1) is 31.0. The first-order valence-corrected chi connectivity index (χ1v) is 15.9. The summed E-state index contributed by atoms with van der Waals surface area (Å²) in [6.07, 6.45) is -2.19. The van der Waals surface area contributed by atoms with Crippen molar-refractivity contribution in [3.8, 4) is 23.0 Å². The number of benzene rings is 2. The Morgan fingerprint density at radius 3 is 2.54 bits per heavy atom. The highest BCUT2D eigenvalue weighted by Crippen LogP contribution is 2.50. The van der Waals surface area contributed by atoms with E-state index in [0.717, 1.165) is 43.7 Å². The maximum absolute atomic E-state index is 14.9. The van der Waals surface area contributed by atoms with Gasteiger partial charge in [0.15, 0.2) is 17.1 Å². The Bertz CT molecular complexity index is 2010. The molecule has 0 spiro atoms. The lowest BCUT2D eigenvalue weighted by Gasteiger charge is -2.33. The largest absolute Gasteiger partial charge is 0.471 e. The van der Waals surface area contributed by atoms with Crippen LogP contribution in [0.2, 0.25) is 5.02 Å². The van der Waals surface area contributed by atoms with Crippen LogP contribution < -0.4 is 9.47 Å². The molecular weight excluding hydrogens is 658 g/mol. The molecule has 0 aliphatic carbocycles. The molecule has 3 aromatic heterocycles. The fraction of sp³-hybridized carbons (Fsp3) is 0.406. The van der Waals surface area contributed by atoms with Gasteiger partial charge in [0.1, 0.15) is 22.9 Å². The first-order valence-electron chi connectivity index (χ1n) is 15.5. The number of para-hydroxylation sites is 1. The number of likely N-dealkylation sites (tertiary alicyclic amines) is 1. The number of imidazole rings is 1. The fourth-order valence-electron chi connectivity index (χ4n) is 6.51. The van der Waals surface area contributed by atoms with Gasteiger partial charge in [-0.2, -0.15) is 18.2 Å². The molecule has 0 saturated carbocycles. The quantitative estimate of drug-likeness (QED) is 0.176. The highest BCUT2D eigenvalue weighted by atomic mass is 35.5. The van der Waals surface area contributed by atoms with Crippen LogP contribution in [0.5, 0.6) is 11.5 Å². The van der Waals surface area contributed by atoms with Gasteiger partial charge in [0.25, 0.3) is 5.79 Å². The second-order valence-corrected chi connectivity index (χ2v) is 12.7. The second kappa shape index (κ2) is 11.7. The van der Waals surface area contributed by atoms with Gasteiger partial charge < -0.3 is 23.3 Å². The Morgan fingerprint density at radius 1 is 1.02 bits per heavy atom. The topological polar surface area (TPSA) is 113 Å². The van der Waals surface area contributed by atoms with Crippen LogP contribution in [-0.2, 0) is 29.8 Å². The Labute approximate surface area is 275 Å². The lowest BCUT2D eigenvalue weighted by molar-refractivity contribution is -0.159. The molecule has 16 heteroatoms. The maximum Gasteiger partial charge on any atom is 0.471 e. The number of ether oxygens (including phenoxy) is 3. The van der Waals surface area contributed by atoms with Crippen LogP contribution in [0, 0.1) is 5.82 Å². The number of fused-ring (bicyclic) bond motifs is 2. The van der Waals surface area contributed by atoms with Gasteiger partial charge in [0.2, 0.25) is 5.82 Å². The molecule has 6 heterocycles. The molecule has 0 amide bonds. The third-order valence-corrected chi connectivity index (χ3v) is 9.31. The summed E-state index contributed by atoms with van der Waals surface area (Å²) in [5.74, 6) is -1.50. The highest BCUT2D eigenvalue weighted by Gasteiger charge is 2.43. The number of piperidine rings is 1. The van der Waals surface area contributed by atoms with Crippen LogP contribution in [0.4, 0.5) is 17.6 Å². The van der Waals surface area contributed by atoms with Crippen molar-refractivity contribution in [2.75, 3.05) is 19.7 Å². The fourth-order valence-corrected chi connectivity index (χ4v) is 6.67. The van der Waals surface area contributed by atoms with E-state index >= 15 is 0 Å². The molecule has 0 radical (unpaired) electrons. The number of alkyl halides is 3. The average molecular weight is 686 g/mol. The van der Waals surface area contributed by atoms with Crippen molar-refractivity contribution in [2.24, 2.45) is 0 Å². The van der Waals surface area contributed by atoms with Crippen LogP contribution in [-0.4, -0.2) is 60.6 Å². The molecule has 48 heavy (non-hydrogen) atoms. The summed E-state index contributed by atoms with van der Waals surface area (Å²) in [7, 11) is 0. The van der Waals surface area contributed by atoms with Crippen LogP contribution in [0.15, 0.2) is 47.0 Å². The summed E-state index contributed by atoms with van der Waals surface area (Å²) in [6, 6.07) is 11.7. The molecule has 250 valence electrons. The third-order valence-electron chi connectivity index (χ3n) is 9.07. The van der Waals surface area contributed by atoms with E-state index in [0.29, 0.717) is 47.4 Å². The normalized spacial score (nSPS) is 21.6. The summed E-state index contributed by atoms with van der Waals surface area (Å²) in [6.45, 7) is 4.95. The van der Waals surface area contributed by atoms with E-state index in [1.807, 2.05) is 22.8 Å². The van der Waals surface area contributed by atoms with Gasteiger partial charge in [-0.05, 0) is 68.6 Å². The minimum Gasteiger partial charge on any atom is -0.444 e. The molecule has 3 aliphatic heterocycles. The molecule has 3 aliphatic rings. The van der Waals surface area contributed by atoms with E-state index in [9.17, 15) is 17.6 Å². The molecular formula is C32H28ClF4N7O4. The minimum atomic E-state index is -4.77. The molecule has 2 saturated heterocycles. The van der Waals surface area contributed by atoms with Crippen molar-refractivity contribution in [1.29, 1.82) is 0 Å². The van der Waals surface area contributed by atoms with Crippen LogP contribution in [0.1, 0.15) is 54.9 Å². The molecule has 2 atom stereocenters. The number of hydrogen-bond donors (Lipinski definition) is 0. The molecule has 2 fully saturated rings. The number of nitrogens with zero attached hydrogens (tertiary/aromatic N) is 7. The van der Waals surface area contributed by atoms with Crippen LogP contribution in [0.3, 0.4) is 0 Å². The van der Waals surface area contributed by atoms with E-state index in [-0.39, 0.29) is 29.1 Å². The highest BCUT2D eigenvalue weighted by molar-refractivity contribution is 6.30. The number of halogens is 5. The maximum atomic E-state index is 14.9. The third kappa shape index (κ3) is 5.62. The van der Waals surface area contributed by atoms with Crippen molar-refractivity contribution in [3.63, 3.8) is 0 Å². The van der Waals surface area contributed by atoms with E-state index < -0.39 is 23.7 Å². The predicted molar refractivity (Wildman–Crippen MR) is 162 cm³/mol. The Hall–Kier alpha value is -4.34. The van der Waals surface area contributed by atoms with Gasteiger partial charge in [0, 0.05) is 24.1 Å². The standard InChI is InChI=1S/C32H28ClF4N7O4/c1-31(21-6-5-18(33)13-22(21)34)46-25-4-2-3-20(27(25)47-31)17-7-10-43(11-8-17)16-26-38-24-14-23(28-39-30(48-42-28)32(35,36)37)40-41-29(24)44(26)15-19-9-12-45-19/h2-6,13-14,17,19H,7-12,15-16H2,1H3. The predicted octanol–water partition coefficient (Wildman–Crippen LogP) is 6.50. The van der Waals surface area contributed by atoms with Crippen molar-refractivity contribution >= 4 is 22.8 Å². The van der Waals surface area contributed by atoms with Gasteiger partial charge in [-0.25, -0.2) is 9.37 Å². The van der Waals surface area contributed by atoms with E-state index in [1.54, 1.807) is 19.1 Å². The summed E-state index contributed by atoms with van der Waals surface area (Å²) in [5, 5.41) is 12.1. The molecule has 2 unspecified atom stereocenters. The van der Waals surface area contributed by atoms with Gasteiger partial charge in [0.05, 0.1) is 24.8 Å². The molecule has 8 rings (SSSR count). The van der Waals surface area contributed by atoms with Gasteiger partial charge in [-0.3, -0.25) is 4.90 Å². The SMILES string of the molecule is CC1(c2ccc(Cl)cc2F)Oc2cccc(C3CCN(Cc4nc5cc(-c6noc(C(F)(F)F)n6)nnc5n4CC4CCO4)CC3)c2O1. The average Bonchev–Trinajstić information content (AvgIpc) is 3.74. The minimum absolute atomic E-state index is 0.00865. The molecule has 11 nitrogen and oxygen atoms in total. The zero-order valence-corrected chi connectivity index (χ0v) is 26.3. The van der Waals surface area contributed by atoms with E-state index in [2.05, 4.69) is 29.8 Å². The van der Waals surface area contributed by atoms with Gasteiger partial charge >= 0.3 is 12.1 Å². The summed E-state index contributed by atoms with van der Waals surface area (Å²) in [4.78, 5) is 10.5. The van der Waals surface area contributed by atoms with Gasteiger partial charge in [-0.1, -0.05) is 28.9 Å². The van der Waals surface area contributed by atoms with Crippen LogP contribution in [0.25, 0.3) is 22.7 Å². The zero-order valence-electron chi connectivity index (χ0n) is 25.5. The summed E-state index contributed by atoms with van der Waals surface area (Å²) < 4.78 is 78.4. The van der Waals surface area contributed by atoms with Gasteiger partial charge in [-0.15, -0.1) is 10.2 Å². The van der Waals surface area contributed by atoms with E-state index in [4.69, 9.17) is 30.8 Å². The monoisotopic (exact) mass is 685 g/mol. The Balaban J connectivity index is 0.998. The molecule has 2 aromatic carbocycles. The molecule has 0 bridgehead atoms. The second-order valence-electron chi connectivity index (χ2n) is 12.3. The molecule has 0 N–H and O–H groups in total. The Kier molecular flexibility index (Phi) is 7.53. The summed E-state index contributed by atoms with van der Waals surface area (Å²) in [5.41, 5.74) is 2.25. The lowest BCUT2D eigenvalue weighted by Crippen LogP contribution is -2.35. The smallest absolute Gasteiger partial charge is 0.444 e. The number of rotatable bonds is 7. The number of aromatic nitrogens is 6. The lowest BCUT2D eigenvalue weighted by atomic mass is 9.88. The van der Waals surface area contributed by atoms with Crippen molar-refractivity contribution in [2.45, 2.75) is 63.3 Å². The zero-order chi connectivity index (χ0) is 33.2. The van der Waals surface area contributed by atoms with Crippen LogP contribution >= 0.6 is 11.6 Å².